The molecule has 0 unspecified atom stereocenters. The number of ether oxygens (including phenoxy) is 1. The maximum atomic E-state index is 11.4. The van der Waals surface area contributed by atoms with Crippen molar-refractivity contribution in [2.24, 2.45) is 0 Å². The van der Waals surface area contributed by atoms with E-state index in [-0.39, 0.29) is 0 Å². The van der Waals surface area contributed by atoms with Gasteiger partial charge in [0.15, 0.2) is 9.84 Å². The lowest BCUT2D eigenvalue weighted by Crippen LogP contribution is -1.99. The highest BCUT2D eigenvalue weighted by Crippen LogP contribution is 2.26. The minimum absolute atomic E-state index is 0.292. The molecule has 2 N–H and O–H groups in total. The number of benzene rings is 2. The maximum absolute atomic E-state index is 11.4. The molecule has 6 nitrogen and oxygen atoms in total. The molecule has 0 spiro atoms. The van der Waals surface area contributed by atoms with Crippen LogP contribution in [-0.2, 0) is 16.4 Å². The molecule has 2 aromatic carbocycles. The zero-order valence-electron chi connectivity index (χ0n) is 13.0. The van der Waals surface area contributed by atoms with Crippen LogP contribution < -0.4 is 10.5 Å². The Labute approximate surface area is 139 Å². The number of aromatic nitrogens is 1. The van der Waals surface area contributed by atoms with E-state index in [1.165, 1.54) is 12.5 Å². The molecule has 3 aromatic rings. The second-order valence-corrected chi connectivity index (χ2v) is 7.36. The molecule has 0 aliphatic heterocycles. The Kier molecular flexibility index (Phi) is 4.26. The SMILES string of the molecule is CS(=O)(=O)c1ccc(COc2ccc(-c3nocc3N)cc2)cc1. The van der Waals surface area contributed by atoms with Gasteiger partial charge in [-0.3, -0.25) is 0 Å². The maximum Gasteiger partial charge on any atom is 0.175 e. The molecule has 0 amide bonds. The monoisotopic (exact) mass is 344 g/mol. The van der Waals surface area contributed by atoms with Crippen molar-refractivity contribution in [1.29, 1.82) is 0 Å². The van der Waals surface area contributed by atoms with Crippen molar-refractivity contribution in [3.8, 4) is 17.0 Å². The summed E-state index contributed by atoms with van der Waals surface area (Å²) in [5, 5.41) is 3.85. The summed E-state index contributed by atoms with van der Waals surface area (Å²) in [6, 6.07) is 13.9. The van der Waals surface area contributed by atoms with Crippen molar-refractivity contribution in [3.05, 3.63) is 60.4 Å². The molecule has 0 saturated carbocycles. The van der Waals surface area contributed by atoms with E-state index in [1.807, 2.05) is 24.3 Å². The van der Waals surface area contributed by atoms with Gasteiger partial charge >= 0.3 is 0 Å². The topological polar surface area (TPSA) is 95.4 Å². The van der Waals surface area contributed by atoms with Gasteiger partial charge in [-0.15, -0.1) is 0 Å². The second kappa shape index (κ2) is 6.37. The number of rotatable bonds is 5. The van der Waals surface area contributed by atoms with Gasteiger partial charge in [-0.25, -0.2) is 8.42 Å². The van der Waals surface area contributed by atoms with Crippen LogP contribution in [0.15, 0.2) is 64.2 Å². The van der Waals surface area contributed by atoms with Crippen molar-refractivity contribution < 1.29 is 17.7 Å². The molecule has 3 rings (SSSR count). The summed E-state index contributed by atoms with van der Waals surface area (Å²) in [6.45, 7) is 0.343. The van der Waals surface area contributed by atoms with Gasteiger partial charge in [-0.2, -0.15) is 0 Å². The van der Waals surface area contributed by atoms with E-state index in [1.54, 1.807) is 24.3 Å². The molecule has 124 valence electrons. The minimum Gasteiger partial charge on any atom is -0.489 e. The molecule has 24 heavy (non-hydrogen) atoms. The van der Waals surface area contributed by atoms with Crippen LogP contribution in [-0.4, -0.2) is 19.8 Å². The number of hydrogen-bond acceptors (Lipinski definition) is 6. The van der Waals surface area contributed by atoms with E-state index in [9.17, 15) is 8.42 Å². The van der Waals surface area contributed by atoms with Gasteiger partial charge in [0.2, 0.25) is 0 Å². The summed E-state index contributed by atoms with van der Waals surface area (Å²) in [5.41, 5.74) is 8.55. The lowest BCUT2D eigenvalue weighted by molar-refractivity contribution is 0.306. The van der Waals surface area contributed by atoms with Crippen molar-refractivity contribution >= 4 is 15.5 Å². The fourth-order valence-electron chi connectivity index (χ4n) is 2.17. The van der Waals surface area contributed by atoms with E-state index in [2.05, 4.69) is 5.16 Å². The first-order valence-corrected chi connectivity index (χ1v) is 9.05. The molecule has 1 aromatic heterocycles. The zero-order chi connectivity index (χ0) is 17.2. The molecule has 0 radical (unpaired) electrons. The molecule has 0 aliphatic rings. The number of nitrogen functional groups attached to an aromatic ring is 1. The molecule has 1 heterocycles. The number of anilines is 1. The van der Waals surface area contributed by atoms with Crippen LogP contribution in [0.2, 0.25) is 0 Å². The molecule has 0 bridgehead atoms. The summed E-state index contributed by atoms with van der Waals surface area (Å²) in [7, 11) is -3.18. The fourth-order valence-corrected chi connectivity index (χ4v) is 2.80. The van der Waals surface area contributed by atoms with Gasteiger partial charge in [0.25, 0.3) is 0 Å². The molecule has 7 heteroatoms. The zero-order valence-corrected chi connectivity index (χ0v) is 13.8. The Morgan fingerprint density at radius 3 is 2.29 bits per heavy atom. The van der Waals surface area contributed by atoms with E-state index in [4.69, 9.17) is 15.0 Å². The predicted molar refractivity (Wildman–Crippen MR) is 90.2 cm³/mol. The van der Waals surface area contributed by atoms with Gasteiger partial charge in [0.05, 0.1) is 4.90 Å². The van der Waals surface area contributed by atoms with E-state index >= 15 is 0 Å². The third-order valence-electron chi connectivity index (χ3n) is 3.48. The standard InChI is InChI=1S/C17H16N2O4S/c1-24(20,21)15-8-2-12(3-9-15)10-22-14-6-4-13(5-7-14)17-16(18)11-23-19-17/h2-9,11H,10,18H2,1H3. The van der Waals surface area contributed by atoms with Crippen molar-refractivity contribution in [3.63, 3.8) is 0 Å². The van der Waals surface area contributed by atoms with Crippen LogP contribution in [0.3, 0.4) is 0 Å². The summed E-state index contributed by atoms with van der Waals surface area (Å²) in [4.78, 5) is 0.292. The van der Waals surface area contributed by atoms with Crippen LogP contribution >= 0.6 is 0 Å². The van der Waals surface area contributed by atoms with E-state index < -0.39 is 9.84 Å². The lowest BCUT2D eigenvalue weighted by atomic mass is 10.1. The average Bonchev–Trinajstić information content (AvgIpc) is 2.99. The Morgan fingerprint density at radius 1 is 1.08 bits per heavy atom. The first-order chi connectivity index (χ1) is 11.4. The van der Waals surface area contributed by atoms with Crippen molar-refractivity contribution in [2.75, 3.05) is 12.0 Å². The van der Waals surface area contributed by atoms with Crippen molar-refractivity contribution in [2.45, 2.75) is 11.5 Å². The van der Waals surface area contributed by atoms with E-state index in [0.29, 0.717) is 28.6 Å². The third kappa shape index (κ3) is 3.57. The highest BCUT2D eigenvalue weighted by Gasteiger charge is 2.08. The molecule has 0 aliphatic carbocycles. The van der Waals surface area contributed by atoms with E-state index in [0.717, 1.165) is 11.1 Å². The van der Waals surface area contributed by atoms with Crippen molar-refractivity contribution in [1.82, 2.24) is 5.16 Å². The predicted octanol–water partition coefficient (Wildman–Crippen LogP) is 2.91. The first kappa shape index (κ1) is 16.1. The number of hydrogen-bond donors (Lipinski definition) is 1. The molecule has 0 atom stereocenters. The molecular weight excluding hydrogens is 328 g/mol. The van der Waals surface area contributed by atoms with Crippen LogP contribution in [0.5, 0.6) is 5.75 Å². The highest BCUT2D eigenvalue weighted by atomic mass is 32.2. The van der Waals surface area contributed by atoms with Gasteiger partial charge < -0.3 is 15.0 Å². The Hall–Kier alpha value is -2.80. The summed E-state index contributed by atoms with van der Waals surface area (Å²) in [5.74, 6) is 0.688. The van der Waals surface area contributed by atoms with Crippen LogP contribution in [0, 0.1) is 0 Å². The largest absolute Gasteiger partial charge is 0.489 e. The first-order valence-electron chi connectivity index (χ1n) is 7.15. The normalized spacial score (nSPS) is 11.4. The van der Waals surface area contributed by atoms with Gasteiger partial charge in [-0.1, -0.05) is 17.3 Å². The molecular formula is C17H16N2O4S. The number of nitrogens with zero attached hydrogens (tertiary/aromatic N) is 1. The quantitative estimate of drug-likeness (QED) is 0.764. The minimum atomic E-state index is -3.18. The number of sulfone groups is 1. The summed E-state index contributed by atoms with van der Waals surface area (Å²) in [6.07, 6.45) is 2.57. The molecule has 0 fully saturated rings. The Bertz CT molecular complexity index is 929. The lowest BCUT2D eigenvalue weighted by Gasteiger charge is -2.07. The molecule has 0 saturated heterocycles. The second-order valence-electron chi connectivity index (χ2n) is 5.35. The smallest absolute Gasteiger partial charge is 0.175 e. The van der Waals surface area contributed by atoms with Crippen LogP contribution in [0.25, 0.3) is 11.3 Å². The van der Waals surface area contributed by atoms with Crippen LogP contribution in [0.1, 0.15) is 5.56 Å². The van der Waals surface area contributed by atoms with Crippen LogP contribution in [0.4, 0.5) is 5.69 Å². The summed E-state index contributed by atoms with van der Waals surface area (Å²) < 4.78 is 33.4. The van der Waals surface area contributed by atoms with Gasteiger partial charge in [0.1, 0.15) is 30.0 Å². The Morgan fingerprint density at radius 2 is 1.75 bits per heavy atom. The average molecular weight is 344 g/mol. The number of nitrogens with two attached hydrogens (primary N) is 1. The fraction of sp³-hybridized carbons (Fsp3) is 0.118. The van der Waals surface area contributed by atoms with Gasteiger partial charge in [-0.05, 0) is 42.0 Å². The summed E-state index contributed by atoms with van der Waals surface area (Å²) >= 11 is 0. The Balaban J connectivity index is 1.66. The highest BCUT2D eigenvalue weighted by molar-refractivity contribution is 7.90. The van der Waals surface area contributed by atoms with Gasteiger partial charge in [0, 0.05) is 11.8 Å². The third-order valence-corrected chi connectivity index (χ3v) is 4.61.